The summed E-state index contributed by atoms with van der Waals surface area (Å²) in [5, 5.41) is 9.13. The molecule has 0 radical (unpaired) electrons. The largest absolute Gasteiger partial charge is 0.455 e. The quantitative estimate of drug-likeness (QED) is 0.340. The number of hydrogen-bond acceptors (Lipinski definition) is 5. The van der Waals surface area contributed by atoms with E-state index in [9.17, 15) is 49.1 Å². The molecule has 0 aliphatic rings. The Morgan fingerprint density at radius 3 is 2.08 bits per heavy atom. The van der Waals surface area contributed by atoms with Crippen LogP contribution in [0.5, 0.6) is 5.88 Å². The van der Waals surface area contributed by atoms with E-state index in [0.717, 1.165) is 6.20 Å². The van der Waals surface area contributed by atoms with E-state index in [1.54, 1.807) is 0 Å². The fourth-order valence-electron chi connectivity index (χ4n) is 3.41. The lowest BCUT2D eigenvalue weighted by atomic mass is 10.1. The van der Waals surface area contributed by atoms with E-state index in [4.69, 9.17) is 5.26 Å². The maximum Gasteiger partial charge on any atom is 0.434 e. The van der Waals surface area contributed by atoms with E-state index >= 15 is 0 Å². The van der Waals surface area contributed by atoms with Gasteiger partial charge >= 0.3 is 18.0 Å². The van der Waals surface area contributed by atoms with Crippen LogP contribution in [0.1, 0.15) is 16.7 Å². The standard InChI is InChI=1S/C22H13F9N4O3/c1-10-4-12(9-33-8-10)35-17(36)13(5-11-6-14(23)16(25)15(24)7-11)18(34(3-2-32)20(35)37)38-19(21(26,27)28)22(29,30)31/h4,6-9,19H,3,5H2,1H3. The molecule has 0 unspecified atom stereocenters. The molecule has 38 heavy (non-hydrogen) atoms. The van der Waals surface area contributed by atoms with E-state index in [-0.39, 0.29) is 14.8 Å². The van der Waals surface area contributed by atoms with Gasteiger partial charge in [-0.15, -0.1) is 0 Å². The second-order valence-electron chi connectivity index (χ2n) is 7.80. The molecule has 0 saturated carbocycles. The first-order chi connectivity index (χ1) is 17.6. The van der Waals surface area contributed by atoms with Crippen LogP contribution in [0, 0.1) is 35.7 Å². The molecule has 7 nitrogen and oxygen atoms in total. The summed E-state index contributed by atoms with van der Waals surface area (Å²) in [7, 11) is 0. The van der Waals surface area contributed by atoms with Crippen molar-refractivity contribution in [2.24, 2.45) is 0 Å². The minimum atomic E-state index is -6.10. The second-order valence-corrected chi connectivity index (χ2v) is 7.80. The van der Waals surface area contributed by atoms with Crippen LogP contribution in [-0.2, 0) is 13.0 Å². The maximum absolute atomic E-state index is 13.8. The molecule has 0 N–H and O–H groups in total. The monoisotopic (exact) mass is 552 g/mol. The average Bonchev–Trinajstić information content (AvgIpc) is 2.78. The normalized spacial score (nSPS) is 12.1. The number of rotatable bonds is 6. The lowest BCUT2D eigenvalue weighted by molar-refractivity contribution is -0.301. The Balaban J connectivity index is 2.43. The topological polar surface area (TPSA) is 89.9 Å². The summed E-state index contributed by atoms with van der Waals surface area (Å²) in [5.41, 5.74) is -4.76. The zero-order valence-electron chi connectivity index (χ0n) is 18.8. The number of nitrogens with zero attached hydrogens (tertiary/aromatic N) is 4. The number of hydrogen-bond donors (Lipinski definition) is 0. The van der Waals surface area contributed by atoms with Crippen molar-refractivity contribution in [3.8, 4) is 17.6 Å². The maximum atomic E-state index is 13.8. The lowest BCUT2D eigenvalue weighted by Gasteiger charge is -2.26. The number of aromatic nitrogens is 3. The highest BCUT2D eigenvalue weighted by atomic mass is 19.4. The molecule has 0 aliphatic heterocycles. The minimum Gasteiger partial charge on any atom is -0.455 e. The van der Waals surface area contributed by atoms with E-state index in [2.05, 4.69) is 9.72 Å². The molecule has 3 rings (SSSR count). The average molecular weight is 552 g/mol. The van der Waals surface area contributed by atoms with Crippen molar-refractivity contribution < 1.29 is 44.3 Å². The van der Waals surface area contributed by atoms with Crippen LogP contribution < -0.4 is 16.0 Å². The van der Waals surface area contributed by atoms with Crippen LogP contribution in [-0.4, -0.2) is 32.6 Å². The van der Waals surface area contributed by atoms with Crippen LogP contribution in [0.3, 0.4) is 0 Å². The molecule has 1 aromatic carbocycles. The van der Waals surface area contributed by atoms with Gasteiger partial charge in [0.2, 0.25) is 5.88 Å². The molecule has 202 valence electrons. The zero-order chi connectivity index (χ0) is 28.6. The Hall–Kier alpha value is -4.29. The summed E-state index contributed by atoms with van der Waals surface area (Å²) >= 11 is 0. The number of pyridine rings is 1. The Morgan fingerprint density at radius 1 is 1.00 bits per heavy atom. The highest BCUT2D eigenvalue weighted by Crippen LogP contribution is 2.37. The number of nitriles is 1. The first-order valence-electron chi connectivity index (χ1n) is 10.2. The molecule has 2 aromatic heterocycles. The van der Waals surface area contributed by atoms with Gasteiger partial charge in [-0.2, -0.15) is 31.6 Å². The van der Waals surface area contributed by atoms with Gasteiger partial charge in [0.25, 0.3) is 11.7 Å². The van der Waals surface area contributed by atoms with Gasteiger partial charge < -0.3 is 4.74 Å². The molecule has 16 heteroatoms. The van der Waals surface area contributed by atoms with Gasteiger partial charge in [-0.1, -0.05) is 0 Å². The SMILES string of the molecule is Cc1cncc(-n2c(=O)c(Cc3cc(F)c(F)c(F)c3)c(OC(C(F)(F)F)C(F)(F)F)n(CC#N)c2=O)c1. The number of aryl methyl sites for hydroxylation is 1. The van der Waals surface area contributed by atoms with Gasteiger partial charge in [0.1, 0.15) is 6.54 Å². The van der Waals surface area contributed by atoms with Crippen LogP contribution in [0.25, 0.3) is 5.69 Å². The molecule has 0 atom stereocenters. The summed E-state index contributed by atoms with van der Waals surface area (Å²) in [5.74, 6) is -7.11. The van der Waals surface area contributed by atoms with Crippen molar-refractivity contribution in [1.29, 1.82) is 5.26 Å². The number of halogens is 9. The van der Waals surface area contributed by atoms with E-state index in [0.29, 0.717) is 17.7 Å². The summed E-state index contributed by atoms with van der Waals surface area (Å²) in [6.45, 7) is 0.282. The smallest absolute Gasteiger partial charge is 0.434 e. The van der Waals surface area contributed by atoms with Crippen molar-refractivity contribution in [2.75, 3.05) is 0 Å². The van der Waals surface area contributed by atoms with Gasteiger partial charge in [-0.3, -0.25) is 9.78 Å². The molecule has 0 amide bonds. The Bertz CT molecular complexity index is 1500. The fourth-order valence-corrected chi connectivity index (χ4v) is 3.41. The van der Waals surface area contributed by atoms with Gasteiger partial charge in [0.15, 0.2) is 17.5 Å². The molecule has 0 saturated heterocycles. The molecular formula is C22H13F9N4O3. The molecule has 0 bridgehead atoms. The summed E-state index contributed by atoms with van der Waals surface area (Å²) in [6.07, 6.45) is -15.6. The zero-order valence-corrected chi connectivity index (χ0v) is 18.8. The van der Waals surface area contributed by atoms with Gasteiger partial charge in [0, 0.05) is 12.6 Å². The lowest BCUT2D eigenvalue weighted by Crippen LogP contribution is -2.49. The second kappa shape index (κ2) is 10.2. The van der Waals surface area contributed by atoms with Crippen LogP contribution in [0.4, 0.5) is 39.5 Å². The van der Waals surface area contributed by atoms with Crippen LogP contribution in [0.15, 0.2) is 40.2 Å². The highest BCUT2D eigenvalue weighted by Gasteiger charge is 2.59. The van der Waals surface area contributed by atoms with Gasteiger partial charge in [0.05, 0.1) is 23.5 Å². The molecule has 2 heterocycles. The van der Waals surface area contributed by atoms with Crippen LogP contribution >= 0.6 is 0 Å². The first-order valence-corrected chi connectivity index (χ1v) is 10.2. The third-order valence-corrected chi connectivity index (χ3v) is 4.98. The van der Waals surface area contributed by atoms with Crippen LogP contribution in [0.2, 0.25) is 0 Å². The van der Waals surface area contributed by atoms with Crippen molar-refractivity contribution in [3.63, 3.8) is 0 Å². The first kappa shape index (κ1) is 28.3. The Kier molecular flexibility index (Phi) is 7.61. The van der Waals surface area contributed by atoms with E-state index in [1.807, 2.05) is 0 Å². The van der Waals surface area contributed by atoms with E-state index in [1.165, 1.54) is 25.3 Å². The molecule has 0 aliphatic carbocycles. The van der Waals surface area contributed by atoms with Crippen molar-refractivity contribution in [1.82, 2.24) is 14.1 Å². The number of alkyl halides is 6. The third-order valence-electron chi connectivity index (χ3n) is 4.98. The summed E-state index contributed by atoms with van der Waals surface area (Å²) in [6, 6.07) is 3.25. The van der Waals surface area contributed by atoms with Crippen molar-refractivity contribution >= 4 is 0 Å². The summed E-state index contributed by atoms with van der Waals surface area (Å²) < 4.78 is 125. The molecular weight excluding hydrogens is 539 g/mol. The number of ether oxygens (including phenoxy) is 1. The predicted octanol–water partition coefficient (Wildman–Crippen LogP) is 4.11. The fraction of sp³-hybridized carbons (Fsp3) is 0.273. The molecule has 0 spiro atoms. The predicted molar refractivity (Wildman–Crippen MR) is 110 cm³/mol. The molecule has 0 fully saturated rings. The highest BCUT2D eigenvalue weighted by molar-refractivity contribution is 5.38. The van der Waals surface area contributed by atoms with E-state index < -0.39 is 77.1 Å². The minimum absolute atomic E-state index is 0.0276. The molecule has 3 aromatic rings. The van der Waals surface area contributed by atoms with Gasteiger partial charge in [-0.25, -0.2) is 27.1 Å². The van der Waals surface area contributed by atoms with Crippen molar-refractivity contribution in [2.45, 2.75) is 38.3 Å². The Labute approximate surface area is 205 Å². The van der Waals surface area contributed by atoms with Crippen molar-refractivity contribution in [3.05, 3.63) is 85.6 Å². The summed E-state index contributed by atoms with van der Waals surface area (Å²) in [4.78, 5) is 30.2. The third kappa shape index (κ3) is 5.66. The number of benzene rings is 1. The Morgan fingerprint density at radius 2 is 1.58 bits per heavy atom. The van der Waals surface area contributed by atoms with Gasteiger partial charge in [-0.05, 0) is 36.2 Å².